The first-order valence-electron chi connectivity index (χ1n) is 10.8. The summed E-state index contributed by atoms with van der Waals surface area (Å²) in [7, 11) is 0. The second kappa shape index (κ2) is 7.35. The van der Waals surface area contributed by atoms with E-state index in [0.717, 1.165) is 38.3 Å². The summed E-state index contributed by atoms with van der Waals surface area (Å²) in [4.78, 5) is 37.8. The summed E-state index contributed by atoms with van der Waals surface area (Å²) in [6, 6.07) is 0. The van der Waals surface area contributed by atoms with Crippen LogP contribution in [-0.4, -0.2) is 46.7 Å². The van der Waals surface area contributed by atoms with Gasteiger partial charge in [0.25, 0.3) is 0 Å². The molecule has 2 heterocycles. The van der Waals surface area contributed by atoms with Crippen molar-refractivity contribution >= 4 is 17.5 Å². The Balaban J connectivity index is 1.23. The molecule has 4 fully saturated rings. The van der Waals surface area contributed by atoms with Crippen molar-refractivity contribution in [3.63, 3.8) is 0 Å². The Hall–Kier alpha value is -3.38. The molecule has 4 saturated carbocycles. The maximum absolute atomic E-state index is 13.3. The van der Waals surface area contributed by atoms with Crippen molar-refractivity contribution in [2.45, 2.75) is 57.5 Å². The average Bonchev–Trinajstić information content (AvgIpc) is 3.43. The van der Waals surface area contributed by atoms with Crippen LogP contribution >= 0.6 is 0 Å². The molecule has 32 heavy (non-hydrogen) atoms. The number of hydrogen-bond acceptors (Lipinski definition) is 8. The van der Waals surface area contributed by atoms with E-state index in [2.05, 4.69) is 31.4 Å². The van der Waals surface area contributed by atoms with Gasteiger partial charge in [0.15, 0.2) is 6.33 Å². The average molecular weight is 443 g/mol. The maximum atomic E-state index is 13.3. The van der Waals surface area contributed by atoms with Crippen LogP contribution in [-0.2, 0) is 21.7 Å². The predicted octanol–water partition coefficient (Wildman–Crippen LogP) is 0.557. The highest BCUT2D eigenvalue weighted by Gasteiger charge is 2.62. The molecular weight excluding hydrogens is 418 g/mol. The van der Waals surface area contributed by atoms with Gasteiger partial charge < -0.3 is 0 Å². The van der Waals surface area contributed by atoms with Gasteiger partial charge in [-0.1, -0.05) is 6.92 Å². The molecule has 0 aromatic carbocycles. The number of rotatable bonds is 6. The Morgan fingerprint density at radius 1 is 1.25 bits per heavy atom. The van der Waals surface area contributed by atoms with Crippen molar-refractivity contribution in [2.75, 3.05) is 0 Å². The van der Waals surface area contributed by atoms with E-state index >= 15 is 0 Å². The van der Waals surface area contributed by atoms with Crippen molar-refractivity contribution < 1.29 is 14.5 Å². The lowest BCUT2D eigenvalue weighted by Crippen LogP contribution is -2.63. The van der Waals surface area contributed by atoms with Crippen LogP contribution in [0.3, 0.4) is 0 Å². The molecule has 2 N–H and O–H groups in total. The molecule has 2 aromatic heterocycles. The van der Waals surface area contributed by atoms with Gasteiger partial charge in [-0.25, -0.2) is 0 Å². The Labute approximate surface area is 183 Å². The lowest BCUT2D eigenvalue weighted by molar-refractivity contribution is -0.385. The lowest BCUT2D eigenvalue weighted by atomic mass is 9.46. The molecule has 2 aromatic rings. The van der Waals surface area contributed by atoms with Crippen LogP contribution in [0.1, 0.15) is 45.4 Å². The highest BCUT2D eigenvalue weighted by atomic mass is 16.6. The summed E-state index contributed by atoms with van der Waals surface area (Å²) in [6.45, 7) is 1.83. The molecule has 0 aliphatic heterocycles. The zero-order valence-electron chi connectivity index (χ0n) is 17.7. The zero-order chi connectivity index (χ0) is 22.5. The Morgan fingerprint density at radius 3 is 2.62 bits per heavy atom. The minimum Gasteiger partial charge on any atom is -0.273 e. The van der Waals surface area contributed by atoms with Gasteiger partial charge in [0.1, 0.15) is 12.4 Å². The van der Waals surface area contributed by atoms with Crippen LogP contribution in [0.25, 0.3) is 0 Å². The van der Waals surface area contributed by atoms with E-state index in [1.807, 2.05) is 0 Å². The van der Waals surface area contributed by atoms with E-state index in [0.29, 0.717) is 18.3 Å². The standard InChI is InChI=1S/C19H25N9O4/c1-12(8-26-9-15(7-21-26)27(31)32)16(29)23-24-17(30)18-3-13-2-14(4-18)6-19(5-13,10-18)28-22-11-20-25-28/h7,9,11-14H,2-6,8,10H2,1H3,(H,23,29)(H,24,30)/t12-,13+,14+,18?,19?/m1/s1. The fourth-order valence-corrected chi connectivity index (χ4v) is 6.38. The van der Waals surface area contributed by atoms with Gasteiger partial charge in [-0.3, -0.25) is 35.2 Å². The molecule has 0 saturated heterocycles. The molecule has 0 unspecified atom stereocenters. The third-order valence-corrected chi connectivity index (χ3v) is 7.32. The summed E-state index contributed by atoms with van der Waals surface area (Å²) in [5, 5.41) is 27.0. The lowest BCUT2D eigenvalue weighted by Gasteiger charge is -2.60. The van der Waals surface area contributed by atoms with Gasteiger partial charge in [0.05, 0.1) is 28.3 Å². The van der Waals surface area contributed by atoms with E-state index in [1.165, 1.54) is 17.2 Å². The number of amides is 2. The van der Waals surface area contributed by atoms with Crippen LogP contribution in [0, 0.1) is 33.3 Å². The van der Waals surface area contributed by atoms with Crippen LogP contribution in [0.15, 0.2) is 18.7 Å². The van der Waals surface area contributed by atoms with E-state index in [4.69, 9.17) is 0 Å². The Kier molecular flexibility index (Phi) is 4.71. The molecule has 170 valence electrons. The Bertz CT molecular complexity index is 1040. The number of nitrogens with zero attached hydrogens (tertiary/aromatic N) is 7. The van der Waals surface area contributed by atoms with Crippen LogP contribution in [0.5, 0.6) is 0 Å². The van der Waals surface area contributed by atoms with Crippen molar-refractivity contribution in [1.29, 1.82) is 0 Å². The van der Waals surface area contributed by atoms with E-state index in [-0.39, 0.29) is 29.6 Å². The van der Waals surface area contributed by atoms with Crippen molar-refractivity contribution in [1.82, 2.24) is 40.8 Å². The molecule has 3 atom stereocenters. The van der Waals surface area contributed by atoms with Gasteiger partial charge in [-0.2, -0.15) is 9.90 Å². The normalized spacial score (nSPS) is 31.3. The van der Waals surface area contributed by atoms with Gasteiger partial charge in [-0.15, -0.1) is 10.2 Å². The maximum Gasteiger partial charge on any atom is 0.306 e. The summed E-state index contributed by atoms with van der Waals surface area (Å²) in [5.74, 6) is -0.242. The first-order chi connectivity index (χ1) is 15.3. The molecule has 4 aliphatic carbocycles. The van der Waals surface area contributed by atoms with Crippen LogP contribution in [0.2, 0.25) is 0 Å². The number of carbonyl (C=O) groups excluding carboxylic acids is 2. The number of carbonyl (C=O) groups is 2. The molecule has 6 rings (SSSR count). The minimum atomic E-state index is -0.559. The Morgan fingerprint density at radius 2 is 2.00 bits per heavy atom. The molecular formula is C19H25N9O4. The number of nitro groups is 1. The molecule has 0 radical (unpaired) electrons. The molecule has 0 spiro atoms. The quantitative estimate of drug-likeness (QED) is 0.483. The van der Waals surface area contributed by atoms with E-state index in [9.17, 15) is 19.7 Å². The third kappa shape index (κ3) is 3.41. The van der Waals surface area contributed by atoms with Gasteiger partial charge in [0.2, 0.25) is 11.8 Å². The minimum absolute atomic E-state index is 0.136. The largest absolute Gasteiger partial charge is 0.306 e. The second-order valence-corrected chi connectivity index (χ2v) is 9.71. The molecule has 13 nitrogen and oxygen atoms in total. The molecule has 13 heteroatoms. The zero-order valence-corrected chi connectivity index (χ0v) is 17.7. The van der Waals surface area contributed by atoms with Gasteiger partial charge >= 0.3 is 5.69 Å². The van der Waals surface area contributed by atoms with Crippen molar-refractivity contribution in [3.8, 4) is 0 Å². The van der Waals surface area contributed by atoms with Gasteiger partial charge in [-0.05, 0) is 55.6 Å². The number of hydrazine groups is 1. The van der Waals surface area contributed by atoms with Crippen molar-refractivity contribution in [2.24, 2.45) is 23.2 Å². The summed E-state index contributed by atoms with van der Waals surface area (Å²) >= 11 is 0. The predicted molar refractivity (Wildman–Crippen MR) is 107 cm³/mol. The first-order valence-corrected chi connectivity index (χ1v) is 10.8. The summed E-state index contributed by atoms with van der Waals surface area (Å²) in [5.41, 5.74) is 4.21. The monoisotopic (exact) mass is 443 g/mol. The second-order valence-electron chi connectivity index (χ2n) is 9.71. The van der Waals surface area contributed by atoms with Crippen molar-refractivity contribution in [3.05, 3.63) is 28.8 Å². The molecule has 4 aliphatic rings. The SMILES string of the molecule is C[C@H](Cn1cc([N+](=O)[O-])cn1)C(=O)NNC(=O)C12C[C@@H]3C[C@@H](C1)CC(n1ncnn1)(C3)C2. The molecule has 2 amide bonds. The third-order valence-electron chi connectivity index (χ3n) is 7.32. The molecule has 4 bridgehead atoms. The number of hydrogen-bond donors (Lipinski definition) is 2. The summed E-state index contributed by atoms with van der Waals surface area (Å²) < 4.78 is 1.35. The highest BCUT2D eigenvalue weighted by Crippen LogP contribution is 2.63. The van der Waals surface area contributed by atoms with E-state index in [1.54, 1.807) is 11.7 Å². The smallest absolute Gasteiger partial charge is 0.273 e. The number of tetrazole rings is 1. The van der Waals surface area contributed by atoms with E-state index < -0.39 is 16.3 Å². The highest BCUT2D eigenvalue weighted by molar-refractivity contribution is 5.87. The number of aromatic nitrogens is 6. The summed E-state index contributed by atoms with van der Waals surface area (Å²) in [6.07, 6.45) is 9.10. The van der Waals surface area contributed by atoms with Gasteiger partial charge in [0, 0.05) is 0 Å². The number of nitrogens with one attached hydrogen (secondary N) is 2. The first kappa shape index (κ1) is 20.5. The van der Waals surface area contributed by atoms with Crippen LogP contribution < -0.4 is 10.9 Å². The fourth-order valence-electron chi connectivity index (χ4n) is 6.38. The van der Waals surface area contributed by atoms with Crippen LogP contribution in [0.4, 0.5) is 5.69 Å². The fraction of sp³-hybridized carbons (Fsp3) is 0.684. The topological polar surface area (TPSA) is 163 Å².